The monoisotopic (exact) mass is 263 g/mol. The molecule has 106 valence electrons. The molecule has 0 aromatic heterocycles. The number of nitrogens with one attached hydrogen (secondary N) is 2. The van der Waals surface area contributed by atoms with Crippen LogP contribution in [0.15, 0.2) is 24.3 Å². The number of nitrogen functional groups attached to an aromatic ring is 1. The average Bonchev–Trinajstić information content (AvgIpc) is 2.42. The molecule has 1 rings (SSSR count). The first-order chi connectivity index (χ1) is 9.22. The summed E-state index contributed by atoms with van der Waals surface area (Å²) in [5, 5.41) is 6.23. The number of hydrogen-bond donors (Lipinski definition) is 3. The maximum absolute atomic E-state index is 11.3. The number of carbonyl (C=O) groups is 1. The van der Waals surface area contributed by atoms with Crippen molar-refractivity contribution in [2.45, 2.75) is 39.0 Å². The Hall–Kier alpha value is -1.71. The summed E-state index contributed by atoms with van der Waals surface area (Å²) in [7, 11) is 0. The molecular formula is C15H25N3O. The third-order valence-corrected chi connectivity index (χ3v) is 2.89. The Bertz CT molecular complexity index is 362. The highest BCUT2D eigenvalue weighted by Crippen LogP contribution is 2.10. The number of anilines is 2. The summed E-state index contributed by atoms with van der Waals surface area (Å²) in [4.78, 5) is 11.3. The van der Waals surface area contributed by atoms with Crippen molar-refractivity contribution in [3.8, 4) is 0 Å². The van der Waals surface area contributed by atoms with E-state index in [1.165, 1.54) is 0 Å². The van der Waals surface area contributed by atoms with Crippen LogP contribution in [0.3, 0.4) is 0 Å². The number of unbranched alkanes of at least 4 members (excludes halogenated alkanes) is 2. The Kier molecular flexibility index (Phi) is 7.47. The molecule has 0 aliphatic rings. The number of rotatable bonds is 9. The molecule has 1 aromatic rings. The highest BCUT2D eigenvalue weighted by molar-refractivity contribution is 5.75. The molecule has 4 heteroatoms. The van der Waals surface area contributed by atoms with Crippen molar-refractivity contribution < 1.29 is 4.79 Å². The fraction of sp³-hybridized carbons (Fsp3) is 0.533. The van der Waals surface area contributed by atoms with Crippen LogP contribution < -0.4 is 16.4 Å². The normalized spacial score (nSPS) is 10.2. The van der Waals surface area contributed by atoms with Crippen LogP contribution in [-0.4, -0.2) is 19.0 Å². The summed E-state index contributed by atoms with van der Waals surface area (Å²) in [6, 6.07) is 7.74. The van der Waals surface area contributed by atoms with Crippen molar-refractivity contribution in [3.63, 3.8) is 0 Å². The van der Waals surface area contributed by atoms with Gasteiger partial charge >= 0.3 is 0 Å². The molecule has 0 radical (unpaired) electrons. The molecular weight excluding hydrogens is 238 g/mol. The second kappa shape index (κ2) is 9.25. The van der Waals surface area contributed by atoms with Gasteiger partial charge in [-0.25, -0.2) is 0 Å². The zero-order valence-corrected chi connectivity index (χ0v) is 11.7. The second-order valence-corrected chi connectivity index (χ2v) is 4.71. The van der Waals surface area contributed by atoms with Crippen LogP contribution in [0.4, 0.5) is 11.4 Å². The van der Waals surface area contributed by atoms with E-state index in [0.29, 0.717) is 6.42 Å². The maximum atomic E-state index is 11.3. The summed E-state index contributed by atoms with van der Waals surface area (Å²) in [6.07, 6.45) is 4.74. The number of benzene rings is 1. The van der Waals surface area contributed by atoms with Gasteiger partial charge in [0.25, 0.3) is 0 Å². The zero-order valence-electron chi connectivity index (χ0n) is 11.7. The molecule has 0 unspecified atom stereocenters. The van der Waals surface area contributed by atoms with Crippen molar-refractivity contribution >= 4 is 17.3 Å². The fourth-order valence-electron chi connectivity index (χ4n) is 1.77. The highest BCUT2D eigenvalue weighted by atomic mass is 16.1. The Morgan fingerprint density at radius 1 is 1.11 bits per heavy atom. The van der Waals surface area contributed by atoms with E-state index in [-0.39, 0.29) is 5.91 Å². The molecule has 0 saturated heterocycles. The van der Waals surface area contributed by atoms with Crippen molar-refractivity contribution in [2.75, 3.05) is 24.1 Å². The summed E-state index contributed by atoms with van der Waals surface area (Å²) in [6.45, 7) is 3.78. The highest BCUT2D eigenvalue weighted by Gasteiger charge is 1.99. The van der Waals surface area contributed by atoms with Crippen molar-refractivity contribution in [1.82, 2.24) is 5.32 Å². The molecule has 0 atom stereocenters. The van der Waals surface area contributed by atoms with Gasteiger partial charge in [-0.15, -0.1) is 0 Å². The van der Waals surface area contributed by atoms with Crippen LogP contribution in [-0.2, 0) is 4.79 Å². The number of amides is 1. The van der Waals surface area contributed by atoms with E-state index in [1.54, 1.807) is 0 Å². The van der Waals surface area contributed by atoms with Gasteiger partial charge in [-0.3, -0.25) is 4.79 Å². The van der Waals surface area contributed by atoms with Gasteiger partial charge in [0.15, 0.2) is 0 Å². The fourth-order valence-corrected chi connectivity index (χ4v) is 1.77. The summed E-state index contributed by atoms with van der Waals surface area (Å²) < 4.78 is 0. The van der Waals surface area contributed by atoms with Crippen molar-refractivity contribution in [3.05, 3.63) is 24.3 Å². The third-order valence-electron chi connectivity index (χ3n) is 2.89. The van der Waals surface area contributed by atoms with Crippen LogP contribution in [0.2, 0.25) is 0 Å². The predicted molar refractivity (Wildman–Crippen MR) is 81.1 cm³/mol. The minimum Gasteiger partial charge on any atom is -0.399 e. The average molecular weight is 263 g/mol. The molecule has 1 amide bonds. The molecule has 0 spiro atoms. The van der Waals surface area contributed by atoms with E-state index < -0.39 is 0 Å². The molecule has 4 nitrogen and oxygen atoms in total. The van der Waals surface area contributed by atoms with Crippen molar-refractivity contribution in [2.24, 2.45) is 0 Å². The molecule has 4 N–H and O–H groups in total. The predicted octanol–water partition coefficient (Wildman–Crippen LogP) is 2.77. The SMILES string of the molecule is CCCNC(=O)CCCCCNc1ccc(N)cc1. The van der Waals surface area contributed by atoms with E-state index in [0.717, 1.165) is 50.1 Å². The topological polar surface area (TPSA) is 67.2 Å². The molecule has 0 fully saturated rings. The molecule has 0 aliphatic carbocycles. The van der Waals surface area contributed by atoms with Crippen LogP contribution in [0, 0.1) is 0 Å². The summed E-state index contributed by atoms with van der Waals surface area (Å²) in [5.41, 5.74) is 7.49. The van der Waals surface area contributed by atoms with Gasteiger partial charge in [-0.05, 0) is 43.5 Å². The molecule has 1 aromatic carbocycles. The van der Waals surface area contributed by atoms with Gasteiger partial charge in [0, 0.05) is 30.9 Å². The van der Waals surface area contributed by atoms with E-state index in [4.69, 9.17) is 5.73 Å². The first-order valence-corrected chi connectivity index (χ1v) is 7.08. The molecule has 0 bridgehead atoms. The Balaban J connectivity index is 1.99. The summed E-state index contributed by atoms with van der Waals surface area (Å²) in [5.74, 6) is 0.174. The first-order valence-electron chi connectivity index (χ1n) is 7.08. The number of hydrogen-bond acceptors (Lipinski definition) is 3. The van der Waals surface area contributed by atoms with E-state index in [2.05, 4.69) is 17.6 Å². The van der Waals surface area contributed by atoms with Gasteiger partial charge in [-0.1, -0.05) is 13.3 Å². The van der Waals surface area contributed by atoms with Crippen LogP contribution >= 0.6 is 0 Å². The number of carbonyl (C=O) groups excluding carboxylic acids is 1. The third kappa shape index (κ3) is 7.34. The summed E-state index contributed by atoms with van der Waals surface area (Å²) >= 11 is 0. The largest absolute Gasteiger partial charge is 0.399 e. The van der Waals surface area contributed by atoms with Crippen LogP contribution in [0.1, 0.15) is 39.0 Å². The smallest absolute Gasteiger partial charge is 0.219 e. The van der Waals surface area contributed by atoms with E-state index in [1.807, 2.05) is 24.3 Å². The lowest BCUT2D eigenvalue weighted by molar-refractivity contribution is -0.121. The Morgan fingerprint density at radius 3 is 2.53 bits per heavy atom. The van der Waals surface area contributed by atoms with E-state index in [9.17, 15) is 4.79 Å². The molecule has 0 aliphatic heterocycles. The molecule has 19 heavy (non-hydrogen) atoms. The van der Waals surface area contributed by atoms with Crippen LogP contribution in [0.5, 0.6) is 0 Å². The lowest BCUT2D eigenvalue weighted by Crippen LogP contribution is -2.23. The maximum Gasteiger partial charge on any atom is 0.219 e. The minimum atomic E-state index is 0.174. The quantitative estimate of drug-likeness (QED) is 0.474. The lowest BCUT2D eigenvalue weighted by Gasteiger charge is -2.07. The van der Waals surface area contributed by atoms with Crippen LogP contribution in [0.25, 0.3) is 0 Å². The van der Waals surface area contributed by atoms with Crippen molar-refractivity contribution in [1.29, 1.82) is 0 Å². The standard InChI is InChI=1S/C15H25N3O/c1-2-11-18-15(19)6-4-3-5-12-17-14-9-7-13(16)8-10-14/h7-10,17H,2-6,11-12,16H2,1H3,(H,18,19). The molecule has 0 saturated carbocycles. The first kappa shape index (κ1) is 15.3. The Labute approximate surface area is 115 Å². The number of nitrogens with two attached hydrogens (primary N) is 1. The molecule has 0 heterocycles. The van der Waals surface area contributed by atoms with Gasteiger partial charge in [0.05, 0.1) is 0 Å². The lowest BCUT2D eigenvalue weighted by atomic mass is 10.2. The van der Waals surface area contributed by atoms with E-state index >= 15 is 0 Å². The van der Waals surface area contributed by atoms with Gasteiger partial charge in [-0.2, -0.15) is 0 Å². The minimum absolute atomic E-state index is 0.174. The van der Waals surface area contributed by atoms with Gasteiger partial charge in [0.1, 0.15) is 0 Å². The zero-order chi connectivity index (χ0) is 13.9. The van der Waals surface area contributed by atoms with Gasteiger partial charge in [0.2, 0.25) is 5.91 Å². The second-order valence-electron chi connectivity index (χ2n) is 4.71. The van der Waals surface area contributed by atoms with Gasteiger partial charge < -0.3 is 16.4 Å². The Morgan fingerprint density at radius 2 is 1.84 bits per heavy atom.